The third-order valence-electron chi connectivity index (χ3n) is 7.74. The van der Waals surface area contributed by atoms with Gasteiger partial charge in [-0.3, -0.25) is 9.69 Å². The molecule has 2 saturated heterocycles. The van der Waals surface area contributed by atoms with E-state index in [1.165, 1.54) is 22.9 Å². The molecule has 0 unspecified atom stereocenters. The molecule has 2 fully saturated rings. The summed E-state index contributed by atoms with van der Waals surface area (Å²) in [6.45, 7) is 3.01. The molecule has 0 atom stereocenters. The van der Waals surface area contributed by atoms with E-state index in [4.69, 9.17) is 23.2 Å². The number of aromatic nitrogens is 2. The Morgan fingerprint density at radius 2 is 1.80 bits per heavy atom. The van der Waals surface area contributed by atoms with E-state index in [0.717, 1.165) is 49.9 Å². The fourth-order valence-electron chi connectivity index (χ4n) is 5.65. The first-order valence-electron chi connectivity index (χ1n) is 13.6. The number of halogens is 2. The molecule has 216 valence electrons. The van der Waals surface area contributed by atoms with Crippen LogP contribution in [0.2, 0.25) is 10.0 Å². The number of fused-ring (bicyclic) bond motifs is 1. The van der Waals surface area contributed by atoms with Crippen LogP contribution in [0, 0.1) is 0 Å². The minimum atomic E-state index is -3.42. The average molecular weight is 634 g/mol. The number of carbonyl (C=O) groups is 1. The summed E-state index contributed by atoms with van der Waals surface area (Å²) < 4.78 is 28.2. The number of anilines is 3. The van der Waals surface area contributed by atoms with E-state index in [1.807, 2.05) is 18.2 Å². The van der Waals surface area contributed by atoms with Crippen molar-refractivity contribution in [2.75, 3.05) is 42.3 Å². The fraction of sp³-hybridized carbons (Fsp3) is 0.393. The van der Waals surface area contributed by atoms with E-state index in [1.54, 1.807) is 22.5 Å². The highest BCUT2D eigenvalue weighted by Crippen LogP contribution is 2.40. The number of thioether (sulfide) groups is 1. The summed E-state index contributed by atoms with van der Waals surface area (Å²) in [5.41, 5.74) is 3.42. The van der Waals surface area contributed by atoms with Crippen LogP contribution < -0.4 is 15.5 Å². The lowest BCUT2D eigenvalue weighted by Crippen LogP contribution is -2.35. The predicted molar refractivity (Wildman–Crippen MR) is 164 cm³/mol. The minimum absolute atomic E-state index is 0.0301. The van der Waals surface area contributed by atoms with Crippen LogP contribution in [0.5, 0.6) is 0 Å². The zero-order valence-electron chi connectivity index (χ0n) is 22.3. The van der Waals surface area contributed by atoms with Crippen molar-refractivity contribution in [1.82, 2.24) is 19.6 Å². The van der Waals surface area contributed by atoms with Gasteiger partial charge in [0, 0.05) is 25.0 Å². The Bertz CT molecular complexity index is 1560. The van der Waals surface area contributed by atoms with Crippen molar-refractivity contribution < 1.29 is 13.2 Å². The smallest absolute Gasteiger partial charge is 0.263 e. The first-order valence-corrected chi connectivity index (χ1v) is 17.0. The Kier molecular flexibility index (Phi) is 8.44. The van der Waals surface area contributed by atoms with Crippen molar-refractivity contribution in [2.24, 2.45) is 0 Å². The Labute approximate surface area is 254 Å². The standard InChI is InChI=1S/C28H30Cl2N6O3S2/c29-23-4-3-5-24(30)25(23)36-17-40-26-22(27(36)37)15-32-28(34-26)33-20-6-7-21(18-8-10-31-11-9-18)19(14-20)16-41(38,39)35-12-1-2-13-35/h3-7,14-15,18,31H,1-2,8-13,16-17H2,(H,32,33,34). The van der Waals surface area contributed by atoms with Crippen LogP contribution in [0.15, 0.2) is 47.6 Å². The molecule has 0 bridgehead atoms. The number of para-hydroxylation sites is 1. The second-order valence-corrected chi connectivity index (χ2v) is 14.1. The number of benzene rings is 2. The summed E-state index contributed by atoms with van der Waals surface area (Å²) in [6.07, 6.45) is 5.25. The number of amides is 1. The van der Waals surface area contributed by atoms with Gasteiger partial charge in [0.25, 0.3) is 5.91 Å². The highest BCUT2D eigenvalue weighted by Gasteiger charge is 2.31. The normalized spacial score (nSPS) is 18.5. The van der Waals surface area contributed by atoms with Gasteiger partial charge in [-0.15, -0.1) is 0 Å². The number of piperidine rings is 1. The van der Waals surface area contributed by atoms with Gasteiger partial charge in [-0.1, -0.05) is 47.1 Å². The summed E-state index contributed by atoms with van der Waals surface area (Å²) in [5, 5.41) is 7.96. The van der Waals surface area contributed by atoms with Crippen molar-refractivity contribution in [1.29, 1.82) is 0 Å². The second-order valence-electron chi connectivity index (χ2n) is 10.4. The highest BCUT2D eigenvalue weighted by atomic mass is 35.5. The summed E-state index contributed by atoms with van der Waals surface area (Å²) in [5.74, 6) is 0.635. The Hall–Kier alpha value is -2.41. The molecule has 1 aromatic heterocycles. The third kappa shape index (κ3) is 6.07. The second kappa shape index (κ2) is 12.1. The van der Waals surface area contributed by atoms with Gasteiger partial charge in [0.1, 0.15) is 5.03 Å². The number of nitrogens with one attached hydrogen (secondary N) is 2. The van der Waals surface area contributed by atoms with Crippen LogP contribution in [0.1, 0.15) is 53.1 Å². The molecular weight excluding hydrogens is 603 g/mol. The van der Waals surface area contributed by atoms with Gasteiger partial charge in [-0.2, -0.15) is 0 Å². The molecule has 4 heterocycles. The maximum atomic E-state index is 13.3. The molecule has 3 aromatic rings. The summed E-state index contributed by atoms with van der Waals surface area (Å²) >= 11 is 14.1. The maximum absolute atomic E-state index is 13.3. The molecule has 3 aliphatic heterocycles. The zero-order valence-corrected chi connectivity index (χ0v) is 25.4. The van der Waals surface area contributed by atoms with Crippen molar-refractivity contribution >= 4 is 68.2 Å². The van der Waals surface area contributed by atoms with Crippen molar-refractivity contribution in [3.8, 4) is 0 Å². The molecular formula is C28H30Cl2N6O3S2. The van der Waals surface area contributed by atoms with Crippen LogP contribution in [0.3, 0.4) is 0 Å². The quantitative estimate of drug-likeness (QED) is 0.323. The van der Waals surface area contributed by atoms with Gasteiger partial charge in [0.15, 0.2) is 0 Å². The van der Waals surface area contributed by atoms with Gasteiger partial charge in [0.05, 0.1) is 32.9 Å². The Balaban J connectivity index is 1.26. The van der Waals surface area contributed by atoms with Gasteiger partial charge in [0.2, 0.25) is 16.0 Å². The number of hydrogen-bond acceptors (Lipinski definition) is 8. The average Bonchev–Trinajstić information content (AvgIpc) is 3.51. The van der Waals surface area contributed by atoms with Crippen molar-refractivity contribution in [2.45, 2.75) is 42.4 Å². The first kappa shape index (κ1) is 28.7. The lowest BCUT2D eigenvalue weighted by Gasteiger charge is -2.28. The van der Waals surface area contributed by atoms with Crippen LogP contribution in [-0.4, -0.2) is 60.7 Å². The Morgan fingerprint density at radius 3 is 2.54 bits per heavy atom. The van der Waals surface area contributed by atoms with Crippen LogP contribution in [-0.2, 0) is 15.8 Å². The minimum Gasteiger partial charge on any atom is -0.324 e. The molecule has 41 heavy (non-hydrogen) atoms. The SMILES string of the molecule is O=C1c2cnc(Nc3ccc(C4CCNCC4)c(CS(=O)(=O)N4CCCC4)c3)nc2SCN1c1c(Cl)cccc1Cl. The Morgan fingerprint density at radius 1 is 1.07 bits per heavy atom. The molecule has 13 heteroatoms. The number of rotatable bonds is 7. The molecule has 6 rings (SSSR count). The van der Waals surface area contributed by atoms with Crippen molar-refractivity contribution in [3.63, 3.8) is 0 Å². The number of carbonyl (C=O) groups excluding carboxylic acids is 1. The maximum Gasteiger partial charge on any atom is 0.263 e. The van der Waals surface area contributed by atoms with Crippen LogP contribution in [0.25, 0.3) is 0 Å². The third-order valence-corrected chi connectivity index (χ3v) is 11.2. The largest absolute Gasteiger partial charge is 0.324 e. The van der Waals surface area contributed by atoms with E-state index >= 15 is 0 Å². The molecule has 2 aromatic carbocycles. The lowest BCUT2D eigenvalue weighted by molar-refractivity contribution is 0.0985. The van der Waals surface area contributed by atoms with Gasteiger partial charge >= 0.3 is 0 Å². The zero-order chi connectivity index (χ0) is 28.6. The topological polar surface area (TPSA) is 108 Å². The van der Waals surface area contributed by atoms with E-state index in [9.17, 15) is 13.2 Å². The van der Waals surface area contributed by atoms with Gasteiger partial charge in [-0.05, 0) is 80.1 Å². The summed E-state index contributed by atoms with van der Waals surface area (Å²) in [6, 6.07) is 11.0. The monoisotopic (exact) mass is 632 g/mol. The highest BCUT2D eigenvalue weighted by molar-refractivity contribution is 7.99. The predicted octanol–water partition coefficient (Wildman–Crippen LogP) is 5.63. The van der Waals surface area contributed by atoms with Crippen LogP contribution in [0.4, 0.5) is 17.3 Å². The van der Waals surface area contributed by atoms with E-state index < -0.39 is 10.0 Å². The van der Waals surface area contributed by atoms with E-state index in [-0.39, 0.29) is 11.7 Å². The molecule has 0 spiro atoms. The molecule has 3 aliphatic rings. The first-order chi connectivity index (χ1) is 19.8. The van der Waals surface area contributed by atoms with Crippen LogP contribution >= 0.6 is 35.0 Å². The molecule has 0 radical (unpaired) electrons. The van der Waals surface area contributed by atoms with E-state index in [0.29, 0.717) is 62.8 Å². The molecule has 0 saturated carbocycles. The summed E-state index contributed by atoms with van der Waals surface area (Å²) in [7, 11) is -3.42. The van der Waals surface area contributed by atoms with Gasteiger partial charge < -0.3 is 10.6 Å². The van der Waals surface area contributed by atoms with Crippen molar-refractivity contribution in [3.05, 3.63) is 69.3 Å². The molecule has 0 aliphatic carbocycles. The number of sulfonamides is 1. The van der Waals surface area contributed by atoms with E-state index in [2.05, 4.69) is 20.6 Å². The lowest BCUT2D eigenvalue weighted by atomic mass is 9.87. The fourth-order valence-corrected chi connectivity index (χ4v) is 8.83. The molecule has 9 nitrogen and oxygen atoms in total. The number of nitrogens with zero attached hydrogens (tertiary/aromatic N) is 4. The molecule has 2 N–H and O–H groups in total. The number of hydrogen-bond donors (Lipinski definition) is 2. The molecule has 1 amide bonds. The summed E-state index contributed by atoms with van der Waals surface area (Å²) in [4.78, 5) is 23.8. The van der Waals surface area contributed by atoms with Gasteiger partial charge in [-0.25, -0.2) is 22.7 Å².